The van der Waals surface area contributed by atoms with Crippen LogP contribution in [0.2, 0.25) is 0 Å². The minimum atomic E-state index is -1.48. The molecule has 2 amide bonds. The van der Waals surface area contributed by atoms with Crippen LogP contribution in [0.5, 0.6) is 0 Å². The maximum absolute atomic E-state index is 13.9. The van der Waals surface area contributed by atoms with Crippen molar-refractivity contribution in [2.75, 3.05) is 11.9 Å². The Morgan fingerprint density at radius 3 is 2.57 bits per heavy atom. The van der Waals surface area contributed by atoms with E-state index >= 15 is 0 Å². The van der Waals surface area contributed by atoms with Crippen LogP contribution in [0.1, 0.15) is 51.2 Å². The first-order chi connectivity index (χ1) is 13.0. The second-order valence-corrected chi connectivity index (χ2v) is 9.23. The molecule has 148 valence electrons. The number of aliphatic hydroxyl groups is 1. The molecule has 4 rings (SSSR count). The fourth-order valence-electron chi connectivity index (χ4n) is 5.64. The first-order valence-corrected chi connectivity index (χ1v) is 9.59. The number of Topliss-reactive ketones (excluding diaryl/α,β-unsaturated/α-hetero) is 1. The highest BCUT2D eigenvalue weighted by molar-refractivity contribution is 6.09. The quantitative estimate of drug-likeness (QED) is 0.619. The second-order valence-electron chi connectivity index (χ2n) is 9.23. The molecule has 28 heavy (non-hydrogen) atoms. The van der Waals surface area contributed by atoms with Crippen molar-refractivity contribution >= 4 is 23.8 Å². The Morgan fingerprint density at radius 1 is 1.29 bits per heavy atom. The molecule has 1 aliphatic heterocycles. The molecule has 2 aliphatic carbocycles. The topological polar surface area (TPSA) is 86.7 Å². The van der Waals surface area contributed by atoms with Crippen LogP contribution < -0.4 is 10.2 Å². The van der Waals surface area contributed by atoms with Crippen molar-refractivity contribution < 1.29 is 19.5 Å². The number of carbonyl (C=O) groups is 3. The average molecular weight is 382 g/mol. The van der Waals surface area contributed by atoms with Crippen molar-refractivity contribution in [2.45, 2.75) is 51.2 Å². The summed E-state index contributed by atoms with van der Waals surface area (Å²) >= 11 is 0. The average Bonchev–Trinajstić information content (AvgIpc) is 2.85. The van der Waals surface area contributed by atoms with E-state index in [1.807, 2.05) is 26.0 Å². The Balaban J connectivity index is 2.18. The number of benzene rings is 1. The highest BCUT2D eigenvalue weighted by Gasteiger charge is 2.63. The molecule has 3 atom stereocenters. The predicted molar refractivity (Wildman–Crippen MR) is 105 cm³/mol. The molecule has 1 aromatic carbocycles. The second kappa shape index (κ2) is 5.54. The van der Waals surface area contributed by atoms with Gasteiger partial charge in [0, 0.05) is 18.7 Å². The molecule has 2 N–H and O–H groups in total. The fourth-order valence-corrected chi connectivity index (χ4v) is 5.64. The number of anilines is 1. The molecule has 1 heterocycles. The summed E-state index contributed by atoms with van der Waals surface area (Å²) in [5.41, 5.74) is -0.861. The predicted octanol–water partition coefficient (Wildman–Crippen LogP) is 2.01. The van der Waals surface area contributed by atoms with Crippen LogP contribution in [-0.4, -0.2) is 35.9 Å². The fraction of sp³-hybridized carbons (Fsp3) is 0.500. The maximum atomic E-state index is 13.9. The summed E-state index contributed by atoms with van der Waals surface area (Å²) in [7, 11) is 1.74. The molecule has 6 nitrogen and oxygen atoms in total. The highest BCUT2D eigenvalue weighted by Crippen LogP contribution is 2.60. The standard InChI is InChI=1S/C22H26N2O4/c1-20(2)13-9-10-15(21(3,4)28)22(18(13)26,23-11-25)12-7-6-8-14-16(12)17(20)19(27)24(14)5/h6-8,10-11,13,17,28H,9H2,1-5H3,(H,23,25)/t13-,17?,22+/m1/s1. The van der Waals surface area contributed by atoms with Crippen molar-refractivity contribution in [1.29, 1.82) is 0 Å². The first kappa shape index (κ1) is 18.9. The normalized spacial score (nSPS) is 30.5. The lowest BCUT2D eigenvalue weighted by molar-refractivity contribution is -0.137. The van der Waals surface area contributed by atoms with Gasteiger partial charge in [-0.3, -0.25) is 14.4 Å². The number of amides is 2. The van der Waals surface area contributed by atoms with Gasteiger partial charge in [-0.1, -0.05) is 32.1 Å². The number of allylic oxidation sites excluding steroid dienone is 1. The Kier molecular flexibility index (Phi) is 3.73. The SMILES string of the molecule is CN1C(=O)C2c3c1cccc3[C@@]1(NC=O)C(=O)[C@@H](CC=C1C(C)(C)O)C2(C)C. The molecule has 0 saturated carbocycles. The monoisotopic (exact) mass is 382 g/mol. The number of hydrogen-bond acceptors (Lipinski definition) is 4. The molecular formula is C22H26N2O4. The minimum absolute atomic E-state index is 0.0427. The number of fused-ring (bicyclic) bond motifs is 3. The van der Waals surface area contributed by atoms with E-state index in [-0.39, 0.29) is 11.7 Å². The summed E-state index contributed by atoms with van der Waals surface area (Å²) in [6.07, 6.45) is 2.82. The third-order valence-corrected chi connectivity index (χ3v) is 6.94. The van der Waals surface area contributed by atoms with Crippen LogP contribution in [-0.2, 0) is 19.9 Å². The van der Waals surface area contributed by atoms with E-state index in [0.29, 0.717) is 24.0 Å². The van der Waals surface area contributed by atoms with Crippen LogP contribution >= 0.6 is 0 Å². The Bertz CT molecular complexity index is 940. The first-order valence-electron chi connectivity index (χ1n) is 9.59. The molecule has 1 unspecified atom stereocenters. The van der Waals surface area contributed by atoms with Gasteiger partial charge in [0.1, 0.15) is 5.54 Å². The van der Waals surface area contributed by atoms with Crippen LogP contribution in [0.25, 0.3) is 0 Å². The zero-order chi connectivity index (χ0) is 20.6. The number of hydrogen-bond donors (Lipinski definition) is 2. The van der Waals surface area contributed by atoms with E-state index in [4.69, 9.17) is 0 Å². The van der Waals surface area contributed by atoms with Crippen molar-refractivity contribution in [3.63, 3.8) is 0 Å². The third-order valence-electron chi connectivity index (χ3n) is 6.94. The van der Waals surface area contributed by atoms with Gasteiger partial charge in [-0.05, 0) is 48.4 Å². The minimum Gasteiger partial charge on any atom is -0.386 e. The number of nitrogens with zero attached hydrogens (tertiary/aromatic N) is 1. The number of carbonyl (C=O) groups excluding carboxylic acids is 3. The number of ketones is 1. The maximum Gasteiger partial charge on any atom is 0.234 e. The summed E-state index contributed by atoms with van der Waals surface area (Å²) in [5, 5.41) is 13.7. The van der Waals surface area contributed by atoms with E-state index in [0.717, 1.165) is 11.3 Å². The zero-order valence-corrected chi connectivity index (χ0v) is 16.9. The zero-order valence-electron chi connectivity index (χ0n) is 16.9. The van der Waals surface area contributed by atoms with Crippen LogP contribution in [0, 0.1) is 11.3 Å². The smallest absolute Gasteiger partial charge is 0.234 e. The van der Waals surface area contributed by atoms with E-state index < -0.39 is 28.4 Å². The van der Waals surface area contributed by atoms with Gasteiger partial charge in [-0.25, -0.2) is 0 Å². The van der Waals surface area contributed by atoms with Gasteiger partial charge in [0.25, 0.3) is 0 Å². The third kappa shape index (κ3) is 2.04. The number of rotatable bonds is 3. The van der Waals surface area contributed by atoms with E-state index in [1.54, 1.807) is 37.9 Å². The lowest BCUT2D eigenvalue weighted by Crippen LogP contribution is -2.59. The van der Waals surface area contributed by atoms with Crippen LogP contribution in [0.4, 0.5) is 5.69 Å². The molecule has 3 aliphatic rings. The summed E-state index contributed by atoms with van der Waals surface area (Å²) in [6.45, 7) is 7.15. The lowest BCUT2D eigenvalue weighted by Gasteiger charge is -2.46. The van der Waals surface area contributed by atoms with Crippen molar-refractivity contribution in [3.05, 3.63) is 41.0 Å². The van der Waals surface area contributed by atoms with Gasteiger partial charge in [0.05, 0.1) is 11.5 Å². The molecule has 0 radical (unpaired) electrons. The molecule has 1 aromatic rings. The Labute approximate surface area is 164 Å². The molecule has 0 fully saturated rings. The van der Waals surface area contributed by atoms with E-state index in [1.165, 1.54) is 0 Å². The van der Waals surface area contributed by atoms with Gasteiger partial charge in [0.2, 0.25) is 12.3 Å². The molecule has 6 heteroatoms. The molecular weight excluding hydrogens is 356 g/mol. The largest absolute Gasteiger partial charge is 0.386 e. The number of likely N-dealkylation sites (N-methyl/N-ethyl adjacent to an activating group) is 1. The molecule has 0 saturated heterocycles. The van der Waals surface area contributed by atoms with Gasteiger partial charge in [-0.2, -0.15) is 0 Å². The van der Waals surface area contributed by atoms with Gasteiger partial charge < -0.3 is 15.3 Å². The highest BCUT2D eigenvalue weighted by atomic mass is 16.3. The molecule has 2 bridgehead atoms. The summed E-state index contributed by atoms with van der Waals surface area (Å²) in [4.78, 5) is 40.6. The Morgan fingerprint density at radius 2 is 1.96 bits per heavy atom. The van der Waals surface area contributed by atoms with Crippen molar-refractivity contribution in [1.82, 2.24) is 5.32 Å². The number of nitrogens with one attached hydrogen (secondary N) is 1. The van der Waals surface area contributed by atoms with E-state index in [9.17, 15) is 19.5 Å². The van der Waals surface area contributed by atoms with Crippen LogP contribution in [0.15, 0.2) is 29.8 Å². The van der Waals surface area contributed by atoms with Gasteiger partial charge >= 0.3 is 0 Å². The summed E-state index contributed by atoms with van der Waals surface area (Å²) < 4.78 is 0. The van der Waals surface area contributed by atoms with Crippen LogP contribution in [0.3, 0.4) is 0 Å². The summed E-state index contributed by atoms with van der Waals surface area (Å²) in [6, 6.07) is 5.47. The van der Waals surface area contributed by atoms with Crippen molar-refractivity contribution in [2.24, 2.45) is 11.3 Å². The Hall–Kier alpha value is -2.47. The molecule has 0 spiro atoms. The van der Waals surface area contributed by atoms with Gasteiger partial charge in [0.15, 0.2) is 5.78 Å². The summed E-state index contributed by atoms with van der Waals surface area (Å²) in [5.74, 6) is -1.16. The lowest BCUT2D eigenvalue weighted by atomic mass is 9.60. The van der Waals surface area contributed by atoms with Gasteiger partial charge in [-0.15, -0.1) is 0 Å². The van der Waals surface area contributed by atoms with E-state index in [2.05, 4.69) is 5.32 Å². The molecule has 0 aromatic heterocycles. The van der Waals surface area contributed by atoms with Crippen molar-refractivity contribution in [3.8, 4) is 0 Å².